The van der Waals surface area contributed by atoms with Crippen molar-refractivity contribution < 1.29 is 28.8 Å². The first-order valence-electron chi connectivity index (χ1n) is 15.4. The Morgan fingerprint density at radius 1 is 0.522 bits per heavy atom. The number of benzene rings is 2. The lowest BCUT2D eigenvalue weighted by molar-refractivity contribution is -0.124. The highest BCUT2D eigenvalue weighted by Gasteiger charge is 2.50. The zero-order valence-electron chi connectivity index (χ0n) is 24.7. The van der Waals surface area contributed by atoms with Crippen molar-refractivity contribution in [3.8, 4) is 0 Å². The molecule has 2 aliphatic carbocycles. The maximum absolute atomic E-state index is 13.3. The summed E-state index contributed by atoms with van der Waals surface area (Å²) in [5.74, 6) is -3.17. The second kappa shape index (κ2) is 11.8. The van der Waals surface area contributed by atoms with Gasteiger partial charge in [0.1, 0.15) is 0 Å². The molecule has 3 fully saturated rings. The number of hydrogen-bond acceptors (Lipinski definition) is 6. The molecule has 0 saturated carbocycles. The standard InChI is InChI=1S/C34H30Cl2N4O6/c35-21-5-11-25-27(17-21)33(45)39(31(25)43)23-7-1-19(2-8-23)29(41)37-13-15-38(16-14-37)30(42)20-3-9-24(10-4-20)40-32(44)26-12-6-22(36)18-28(26)34(40)46/h1-10,25-28H,11-18H2/t25-,26+,27+,28-. The molecule has 0 aromatic heterocycles. The molecule has 6 amide bonds. The summed E-state index contributed by atoms with van der Waals surface area (Å²) in [5.41, 5.74) is 1.70. The molecule has 12 heteroatoms. The second-order valence-corrected chi connectivity index (χ2v) is 13.3. The van der Waals surface area contributed by atoms with E-state index in [9.17, 15) is 28.8 Å². The molecular formula is C34H30Cl2N4O6. The number of halogens is 2. The summed E-state index contributed by atoms with van der Waals surface area (Å²) < 4.78 is 0. The molecule has 7 rings (SSSR count). The van der Waals surface area contributed by atoms with Crippen LogP contribution in [0.1, 0.15) is 46.4 Å². The van der Waals surface area contributed by atoms with E-state index in [0.29, 0.717) is 84.4 Å². The van der Waals surface area contributed by atoms with Gasteiger partial charge in [0, 0.05) is 47.4 Å². The van der Waals surface area contributed by atoms with Gasteiger partial charge in [0.25, 0.3) is 11.8 Å². The topological polar surface area (TPSA) is 115 Å². The van der Waals surface area contributed by atoms with Crippen LogP contribution >= 0.6 is 23.2 Å². The number of carbonyl (C=O) groups is 6. The maximum Gasteiger partial charge on any atom is 0.253 e. The molecule has 0 N–H and O–H groups in total. The number of nitrogens with zero attached hydrogens (tertiary/aromatic N) is 4. The fourth-order valence-electron chi connectivity index (χ4n) is 7.15. The number of anilines is 2. The molecule has 0 unspecified atom stereocenters. The van der Waals surface area contributed by atoms with Crippen LogP contribution in [0.25, 0.3) is 0 Å². The van der Waals surface area contributed by atoms with Crippen LogP contribution < -0.4 is 9.80 Å². The SMILES string of the molecule is O=C(c1ccc(N2C(=O)[C@H]3CC(Cl)=CC[C@H]3C2=O)cc1)N1CCN(C(=O)c2ccc(N3C(=O)[C@H]4CC=C(Cl)C[C@H]4C3=O)cc2)CC1. The summed E-state index contributed by atoms with van der Waals surface area (Å²) in [6, 6.07) is 12.9. The summed E-state index contributed by atoms with van der Waals surface area (Å²) in [7, 11) is 0. The minimum absolute atomic E-state index is 0.205. The van der Waals surface area contributed by atoms with Crippen molar-refractivity contribution in [3.05, 3.63) is 81.9 Å². The first-order valence-corrected chi connectivity index (χ1v) is 16.1. The molecule has 10 nitrogen and oxygen atoms in total. The van der Waals surface area contributed by atoms with Gasteiger partial charge in [-0.1, -0.05) is 35.4 Å². The molecule has 2 aromatic carbocycles. The number of amides is 6. The Balaban J connectivity index is 0.949. The van der Waals surface area contributed by atoms with Gasteiger partial charge < -0.3 is 9.80 Å². The van der Waals surface area contributed by atoms with Crippen LogP contribution in [0.2, 0.25) is 0 Å². The van der Waals surface area contributed by atoms with Gasteiger partial charge in [-0.25, -0.2) is 0 Å². The van der Waals surface area contributed by atoms with E-state index in [4.69, 9.17) is 23.2 Å². The van der Waals surface area contributed by atoms with Crippen LogP contribution in [-0.2, 0) is 19.2 Å². The maximum atomic E-state index is 13.3. The number of fused-ring (bicyclic) bond motifs is 2. The zero-order valence-corrected chi connectivity index (χ0v) is 26.2. The molecule has 236 valence electrons. The summed E-state index contributed by atoms with van der Waals surface area (Å²) >= 11 is 12.2. The molecular weight excluding hydrogens is 631 g/mol. The summed E-state index contributed by atoms with van der Waals surface area (Å²) in [5, 5.41) is 1.19. The Morgan fingerprint density at radius 2 is 0.848 bits per heavy atom. The lowest BCUT2D eigenvalue weighted by Crippen LogP contribution is -2.50. The lowest BCUT2D eigenvalue weighted by atomic mass is 9.85. The minimum Gasteiger partial charge on any atom is -0.335 e. The van der Waals surface area contributed by atoms with Gasteiger partial charge in [-0.15, -0.1) is 0 Å². The van der Waals surface area contributed by atoms with Crippen molar-refractivity contribution in [1.29, 1.82) is 0 Å². The zero-order chi connectivity index (χ0) is 32.3. The molecule has 3 aliphatic heterocycles. The van der Waals surface area contributed by atoms with Gasteiger partial charge >= 0.3 is 0 Å². The lowest BCUT2D eigenvalue weighted by Gasteiger charge is -2.35. The van der Waals surface area contributed by atoms with Crippen molar-refractivity contribution in [2.45, 2.75) is 25.7 Å². The van der Waals surface area contributed by atoms with E-state index in [-0.39, 0.29) is 35.4 Å². The van der Waals surface area contributed by atoms with Crippen molar-refractivity contribution >= 4 is 70.0 Å². The van der Waals surface area contributed by atoms with Crippen molar-refractivity contribution in [2.75, 3.05) is 36.0 Å². The molecule has 0 radical (unpaired) electrons. The Bertz CT molecular complexity index is 1600. The van der Waals surface area contributed by atoms with E-state index < -0.39 is 23.7 Å². The predicted octanol–water partition coefficient (Wildman–Crippen LogP) is 4.33. The number of imide groups is 2. The van der Waals surface area contributed by atoms with Crippen LogP contribution in [-0.4, -0.2) is 71.4 Å². The van der Waals surface area contributed by atoms with E-state index >= 15 is 0 Å². The number of piperazine rings is 1. The van der Waals surface area contributed by atoms with Gasteiger partial charge in [-0.3, -0.25) is 38.6 Å². The molecule has 3 heterocycles. The smallest absolute Gasteiger partial charge is 0.253 e. The highest BCUT2D eigenvalue weighted by atomic mass is 35.5. The highest BCUT2D eigenvalue weighted by molar-refractivity contribution is 6.31. The van der Waals surface area contributed by atoms with Gasteiger partial charge in [-0.05, 0) is 74.2 Å². The second-order valence-electron chi connectivity index (χ2n) is 12.3. The van der Waals surface area contributed by atoms with E-state index in [1.54, 1.807) is 70.5 Å². The molecule has 0 spiro atoms. The third kappa shape index (κ3) is 5.13. The molecule has 3 saturated heterocycles. The Morgan fingerprint density at radius 3 is 1.20 bits per heavy atom. The van der Waals surface area contributed by atoms with Crippen LogP contribution in [0.5, 0.6) is 0 Å². The Kier molecular flexibility index (Phi) is 7.81. The number of hydrogen-bond donors (Lipinski definition) is 0. The summed E-state index contributed by atoms with van der Waals surface area (Å²) in [6.45, 7) is 1.34. The van der Waals surface area contributed by atoms with Crippen molar-refractivity contribution in [3.63, 3.8) is 0 Å². The van der Waals surface area contributed by atoms with Crippen LogP contribution in [0.3, 0.4) is 0 Å². The van der Waals surface area contributed by atoms with E-state index in [1.165, 1.54) is 9.80 Å². The third-order valence-corrected chi connectivity index (χ3v) is 10.4. The number of allylic oxidation sites excluding steroid dienone is 4. The van der Waals surface area contributed by atoms with Crippen LogP contribution in [0, 0.1) is 23.7 Å². The van der Waals surface area contributed by atoms with Gasteiger partial charge in [0.2, 0.25) is 23.6 Å². The quantitative estimate of drug-likeness (QED) is 0.451. The molecule has 4 atom stereocenters. The summed E-state index contributed by atoms with van der Waals surface area (Å²) in [6.07, 6.45) is 5.19. The third-order valence-electron chi connectivity index (χ3n) is 9.74. The van der Waals surface area contributed by atoms with Crippen molar-refractivity contribution in [1.82, 2.24) is 9.80 Å². The molecule has 2 aromatic rings. The first-order chi connectivity index (χ1) is 22.1. The normalized spacial score (nSPS) is 26.2. The van der Waals surface area contributed by atoms with Gasteiger partial charge in [0.15, 0.2) is 0 Å². The minimum atomic E-state index is -0.455. The average Bonchev–Trinajstić information content (AvgIpc) is 3.47. The fourth-order valence-corrected chi connectivity index (χ4v) is 7.66. The average molecular weight is 662 g/mol. The van der Waals surface area contributed by atoms with Gasteiger partial charge in [0.05, 0.1) is 35.0 Å². The molecule has 0 bridgehead atoms. The van der Waals surface area contributed by atoms with Crippen molar-refractivity contribution in [2.24, 2.45) is 23.7 Å². The summed E-state index contributed by atoms with van der Waals surface area (Å²) in [4.78, 5) is 84.2. The van der Waals surface area contributed by atoms with Gasteiger partial charge in [-0.2, -0.15) is 0 Å². The van der Waals surface area contributed by atoms with Crippen LogP contribution in [0.4, 0.5) is 11.4 Å². The largest absolute Gasteiger partial charge is 0.335 e. The van der Waals surface area contributed by atoms with E-state index in [2.05, 4.69) is 0 Å². The highest BCUT2D eigenvalue weighted by Crippen LogP contribution is 2.42. The Hall–Kier alpha value is -4.28. The monoisotopic (exact) mass is 660 g/mol. The molecule has 46 heavy (non-hydrogen) atoms. The van der Waals surface area contributed by atoms with E-state index in [0.717, 1.165) is 0 Å². The number of rotatable bonds is 4. The van der Waals surface area contributed by atoms with Crippen LogP contribution in [0.15, 0.2) is 70.7 Å². The Labute approximate surface area is 275 Å². The molecule has 5 aliphatic rings. The first kappa shape index (κ1) is 30.4. The fraction of sp³-hybridized carbons (Fsp3) is 0.353. The van der Waals surface area contributed by atoms with E-state index in [1.807, 2.05) is 0 Å². The number of carbonyl (C=O) groups excluding carboxylic acids is 6. The predicted molar refractivity (Wildman–Crippen MR) is 170 cm³/mol.